The van der Waals surface area contributed by atoms with Crippen LogP contribution in [-0.4, -0.2) is 45.1 Å². The number of thioether (sulfide) groups is 1. The Bertz CT molecular complexity index is 1640. The van der Waals surface area contributed by atoms with Crippen LogP contribution in [0.5, 0.6) is 0 Å². The number of carbonyl (C=O) groups excluding carboxylic acids is 1. The van der Waals surface area contributed by atoms with Gasteiger partial charge in [0.15, 0.2) is 15.7 Å². The number of hydrogen-bond donors (Lipinski definition) is 1. The van der Waals surface area contributed by atoms with Gasteiger partial charge in [-0.25, -0.2) is 25.9 Å². The van der Waals surface area contributed by atoms with Crippen molar-refractivity contribution in [1.82, 2.24) is 4.72 Å². The Hall–Kier alpha value is -2.22. The van der Waals surface area contributed by atoms with Crippen LogP contribution in [0.4, 0.5) is 10.1 Å². The minimum absolute atomic E-state index is 0.00203. The SMILES string of the molecule is CS(=O)(=O)c1c(-c2ccccc2)ccc(N2CC[C@H](NS(=O)(=O)C3(Cl)CC=C(c4cccs4)S3)C2=O)c1F. The monoisotopic (exact) mass is 612 g/mol. The number of nitrogens with one attached hydrogen (secondary N) is 1. The standard InChI is InChI=1S/C25H22ClFN2O5S4/c1-37(31,32)23-17(16-6-3-2-4-7-16)9-10-19(22(23)27)29-14-12-18(24(29)30)28-38(33,34)25(26)13-11-21(36-25)20-8-5-15-35-20/h2-11,15,18,28H,12-14H2,1H3/t18-,25?/m0/s1. The number of hydrogen-bond acceptors (Lipinski definition) is 7. The van der Waals surface area contributed by atoms with E-state index in [4.69, 9.17) is 11.6 Å². The molecule has 3 aromatic rings. The highest BCUT2D eigenvalue weighted by Crippen LogP contribution is 2.53. The number of anilines is 1. The molecule has 1 unspecified atom stereocenters. The van der Waals surface area contributed by atoms with Crippen molar-refractivity contribution in [2.75, 3.05) is 17.7 Å². The summed E-state index contributed by atoms with van der Waals surface area (Å²) in [7, 11) is -8.21. The molecule has 1 aromatic heterocycles. The van der Waals surface area contributed by atoms with E-state index >= 15 is 4.39 Å². The van der Waals surface area contributed by atoms with E-state index < -0.39 is 46.1 Å². The van der Waals surface area contributed by atoms with Crippen molar-refractivity contribution in [1.29, 1.82) is 0 Å². The number of allylic oxidation sites excluding steroid dienone is 1. The van der Waals surface area contributed by atoms with Gasteiger partial charge in [-0.1, -0.05) is 71.9 Å². The quantitative estimate of drug-likeness (QED) is 0.375. The third-order valence-electron chi connectivity index (χ3n) is 6.28. The number of nitrogens with zero attached hydrogens (tertiary/aromatic N) is 1. The molecule has 1 fully saturated rings. The molecule has 7 nitrogen and oxygen atoms in total. The number of benzene rings is 2. The molecule has 2 aliphatic rings. The number of amides is 1. The third-order valence-corrected chi connectivity index (χ3v) is 13.0. The molecule has 200 valence electrons. The summed E-state index contributed by atoms with van der Waals surface area (Å²) >= 11 is 9.00. The predicted octanol–water partition coefficient (Wildman–Crippen LogP) is 5.05. The molecule has 0 spiro atoms. The molecule has 0 saturated carbocycles. The van der Waals surface area contributed by atoms with E-state index in [0.29, 0.717) is 5.56 Å². The molecule has 0 radical (unpaired) electrons. The fraction of sp³-hybridized carbons (Fsp3) is 0.240. The molecule has 1 N–H and O–H groups in total. The van der Waals surface area contributed by atoms with Gasteiger partial charge in [0.25, 0.3) is 0 Å². The third kappa shape index (κ3) is 4.93. The Morgan fingerprint density at radius 2 is 1.82 bits per heavy atom. The lowest BCUT2D eigenvalue weighted by molar-refractivity contribution is -0.118. The zero-order chi connectivity index (χ0) is 27.3. The van der Waals surface area contributed by atoms with Crippen molar-refractivity contribution in [3.05, 3.63) is 76.7 Å². The van der Waals surface area contributed by atoms with Gasteiger partial charge in [0.2, 0.25) is 19.5 Å². The Morgan fingerprint density at radius 3 is 2.47 bits per heavy atom. The maximum atomic E-state index is 15.7. The lowest BCUT2D eigenvalue weighted by atomic mass is 10.0. The van der Waals surface area contributed by atoms with Gasteiger partial charge < -0.3 is 4.90 Å². The van der Waals surface area contributed by atoms with Gasteiger partial charge >= 0.3 is 0 Å². The van der Waals surface area contributed by atoms with Crippen LogP contribution < -0.4 is 9.62 Å². The van der Waals surface area contributed by atoms with Gasteiger partial charge in [0.05, 0.1) is 5.69 Å². The summed E-state index contributed by atoms with van der Waals surface area (Å²) in [5.41, 5.74) is 0.456. The highest BCUT2D eigenvalue weighted by atomic mass is 35.5. The first-order chi connectivity index (χ1) is 17.9. The highest BCUT2D eigenvalue weighted by molar-refractivity contribution is 8.21. The molecule has 38 heavy (non-hydrogen) atoms. The average Bonchev–Trinajstić information content (AvgIpc) is 3.61. The second-order valence-corrected chi connectivity index (χ2v) is 16.4. The molecule has 0 bridgehead atoms. The van der Waals surface area contributed by atoms with Gasteiger partial charge in [-0.2, -0.15) is 0 Å². The maximum Gasteiger partial charge on any atom is 0.245 e. The smallest absolute Gasteiger partial charge is 0.245 e. The number of alkyl halides is 1. The second kappa shape index (κ2) is 10.1. The van der Waals surface area contributed by atoms with Crippen molar-refractivity contribution in [3.8, 4) is 11.1 Å². The normalized spacial score (nSPS) is 22.2. The van der Waals surface area contributed by atoms with Crippen LogP contribution in [0.3, 0.4) is 0 Å². The molecule has 13 heteroatoms. The fourth-order valence-electron chi connectivity index (χ4n) is 4.46. The van der Waals surface area contributed by atoms with Crippen molar-refractivity contribution < 1.29 is 26.0 Å². The van der Waals surface area contributed by atoms with Crippen LogP contribution in [0.25, 0.3) is 16.0 Å². The van der Waals surface area contributed by atoms with E-state index in [9.17, 15) is 21.6 Å². The maximum absolute atomic E-state index is 15.7. The first-order valence-electron chi connectivity index (χ1n) is 11.4. The summed E-state index contributed by atoms with van der Waals surface area (Å²) in [6, 6.07) is 13.8. The van der Waals surface area contributed by atoms with Gasteiger partial charge in [-0.15, -0.1) is 11.3 Å². The van der Waals surface area contributed by atoms with Crippen LogP contribution in [0.1, 0.15) is 17.7 Å². The number of halogens is 2. The Balaban J connectivity index is 1.39. The van der Waals surface area contributed by atoms with E-state index in [-0.39, 0.29) is 30.6 Å². The molecular formula is C25H22ClFN2O5S4. The fourth-order valence-corrected chi connectivity index (χ4v) is 9.62. The second-order valence-electron chi connectivity index (χ2n) is 8.88. The lowest BCUT2D eigenvalue weighted by Gasteiger charge is -2.24. The van der Waals surface area contributed by atoms with Crippen LogP contribution >= 0.6 is 34.7 Å². The van der Waals surface area contributed by atoms with E-state index in [1.54, 1.807) is 36.4 Å². The zero-order valence-electron chi connectivity index (χ0n) is 19.9. The number of rotatable bonds is 7. The summed E-state index contributed by atoms with van der Waals surface area (Å²) in [6.07, 6.45) is 2.76. The highest BCUT2D eigenvalue weighted by Gasteiger charge is 2.49. The largest absolute Gasteiger partial charge is 0.308 e. The molecule has 1 amide bonds. The number of carbonyl (C=O) groups is 1. The van der Waals surface area contributed by atoms with E-state index in [1.165, 1.54) is 23.5 Å². The van der Waals surface area contributed by atoms with Crippen molar-refractivity contribution in [3.63, 3.8) is 0 Å². The lowest BCUT2D eigenvalue weighted by Crippen LogP contribution is -2.47. The van der Waals surface area contributed by atoms with E-state index in [2.05, 4.69) is 4.72 Å². The Morgan fingerprint density at radius 1 is 1.08 bits per heavy atom. The topological polar surface area (TPSA) is 101 Å². The molecule has 3 heterocycles. The molecule has 2 aliphatic heterocycles. The summed E-state index contributed by atoms with van der Waals surface area (Å²) in [5.74, 6) is -1.75. The minimum Gasteiger partial charge on any atom is -0.308 e. The van der Waals surface area contributed by atoms with Crippen LogP contribution in [0.2, 0.25) is 0 Å². The molecule has 0 aliphatic carbocycles. The summed E-state index contributed by atoms with van der Waals surface area (Å²) in [4.78, 5) is 15.4. The first-order valence-corrected chi connectivity index (χ1v) is 16.9. The molecule has 2 aromatic carbocycles. The van der Waals surface area contributed by atoms with E-state index in [1.807, 2.05) is 17.5 Å². The summed E-state index contributed by atoms with van der Waals surface area (Å²) in [6.45, 7) is -0.00203. The molecule has 1 saturated heterocycles. The number of sulfonamides is 1. The molecule has 2 atom stereocenters. The van der Waals surface area contributed by atoms with Gasteiger partial charge in [-0.3, -0.25) is 4.79 Å². The van der Waals surface area contributed by atoms with Crippen molar-refractivity contribution >= 4 is 71.1 Å². The van der Waals surface area contributed by atoms with E-state index in [0.717, 1.165) is 32.7 Å². The van der Waals surface area contributed by atoms with Gasteiger partial charge in [-0.05, 0) is 29.5 Å². The Labute approximate surface area is 233 Å². The number of sulfone groups is 1. The first kappa shape index (κ1) is 27.4. The molecule has 5 rings (SSSR count). The van der Waals surface area contributed by atoms with Gasteiger partial charge in [0.1, 0.15) is 10.9 Å². The van der Waals surface area contributed by atoms with Gasteiger partial charge in [0, 0.05) is 34.6 Å². The van der Waals surface area contributed by atoms with Crippen LogP contribution in [0, 0.1) is 5.82 Å². The average molecular weight is 613 g/mol. The van der Waals surface area contributed by atoms with Crippen LogP contribution in [0.15, 0.2) is 70.9 Å². The number of thiophene rings is 1. The minimum atomic E-state index is -4.20. The van der Waals surface area contributed by atoms with Crippen molar-refractivity contribution in [2.45, 2.75) is 27.3 Å². The van der Waals surface area contributed by atoms with Crippen LogP contribution in [-0.2, 0) is 24.7 Å². The zero-order valence-corrected chi connectivity index (χ0v) is 23.9. The molecular weight excluding hydrogens is 591 g/mol. The van der Waals surface area contributed by atoms with Crippen molar-refractivity contribution in [2.24, 2.45) is 0 Å². The summed E-state index contributed by atoms with van der Waals surface area (Å²) in [5, 5.41) is 1.88. The summed E-state index contributed by atoms with van der Waals surface area (Å²) < 4.78 is 68.1. The predicted molar refractivity (Wildman–Crippen MR) is 151 cm³/mol. The Kier molecular flexibility index (Phi) is 7.25.